The molecule has 2 N–H and O–H groups in total. The van der Waals surface area contributed by atoms with Gasteiger partial charge in [-0.2, -0.15) is 0 Å². The molecular formula is C11H24N2. The highest BCUT2D eigenvalue weighted by molar-refractivity contribution is 4.84. The molecule has 1 rings (SSSR count). The average molecular weight is 184 g/mol. The molecule has 0 amide bonds. The van der Waals surface area contributed by atoms with Gasteiger partial charge in [-0.3, -0.25) is 0 Å². The van der Waals surface area contributed by atoms with Gasteiger partial charge >= 0.3 is 0 Å². The van der Waals surface area contributed by atoms with Gasteiger partial charge in [0, 0.05) is 0 Å². The van der Waals surface area contributed by atoms with Crippen LogP contribution in [0.2, 0.25) is 0 Å². The Morgan fingerprint density at radius 2 is 1.92 bits per heavy atom. The van der Waals surface area contributed by atoms with Crippen molar-refractivity contribution in [2.75, 3.05) is 26.7 Å². The van der Waals surface area contributed by atoms with Crippen molar-refractivity contribution in [2.24, 2.45) is 5.41 Å². The summed E-state index contributed by atoms with van der Waals surface area (Å²) in [5.41, 5.74) is 0.656. The fourth-order valence-corrected chi connectivity index (χ4v) is 2.50. The van der Waals surface area contributed by atoms with Crippen LogP contribution in [0.3, 0.4) is 0 Å². The van der Waals surface area contributed by atoms with Crippen molar-refractivity contribution in [3.63, 3.8) is 0 Å². The van der Waals surface area contributed by atoms with Crippen LogP contribution in [0.1, 0.15) is 39.0 Å². The van der Waals surface area contributed by atoms with Crippen molar-refractivity contribution in [1.29, 1.82) is 0 Å². The molecule has 0 bridgehead atoms. The van der Waals surface area contributed by atoms with E-state index in [1.54, 1.807) is 0 Å². The molecule has 78 valence electrons. The summed E-state index contributed by atoms with van der Waals surface area (Å²) in [6.45, 7) is 5.94. The average Bonchev–Trinajstić information content (AvgIpc) is 2.17. The van der Waals surface area contributed by atoms with Crippen molar-refractivity contribution in [1.82, 2.24) is 10.6 Å². The molecule has 0 atom stereocenters. The van der Waals surface area contributed by atoms with Gasteiger partial charge in [0.05, 0.1) is 0 Å². The van der Waals surface area contributed by atoms with Crippen LogP contribution in [0, 0.1) is 5.41 Å². The lowest BCUT2D eigenvalue weighted by Crippen LogP contribution is -2.38. The molecule has 0 saturated carbocycles. The lowest BCUT2D eigenvalue weighted by Gasteiger charge is -2.37. The Kier molecular flexibility index (Phi) is 4.74. The van der Waals surface area contributed by atoms with E-state index in [2.05, 4.69) is 24.6 Å². The maximum absolute atomic E-state index is 3.45. The summed E-state index contributed by atoms with van der Waals surface area (Å²) in [6.07, 6.45) is 6.87. The zero-order chi connectivity index (χ0) is 9.57. The predicted octanol–water partition coefficient (Wildman–Crippen LogP) is 1.77. The summed E-state index contributed by atoms with van der Waals surface area (Å²) in [6, 6.07) is 0. The molecule has 1 fully saturated rings. The maximum Gasteiger partial charge on any atom is -0.00436 e. The Bertz CT molecular complexity index is 123. The molecule has 1 heterocycles. The van der Waals surface area contributed by atoms with Gasteiger partial charge in [-0.1, -0.05) is 13.3 Å². The first-order chi connectivity index (χ1) is 6.33. The molecule has 13 heavy (non-hydrogen) atoms. The van der Waals surface area contributed by atoms with Gasteiger partial charge in [0.2, 0.25) is 0 Å². The van der Waals surface area contributed by atoms with Crippen LogP contribution in [0.15, 0.2) is 0 Å². The van der Waals surface area contributed by atoms with E-state index in [9.17, 15) is 0 Å². The first kappa shape index (κ1) is 11.0. The Morgan fingerprint density at radius 1 is 1.23 bits per heavy atom. The zero-order valence-corrected chi connectivity index (χ0v) is 9.16. The number of piperidine rings is 1. The summed E-state index contributed by atoms with van der Waals surface area (Å²) < 4.78 is 0. The summed E-state index contributed by atoms with van der Waals surface area (Å²) >= 11 is 0. The molecule has 2 heteroatoms. The van der Waals surface area contributed by atoms with Gasteiger partial charge in [0.25, 0.3) is 0 Å². The van der Waals surface area contributed by atoms with E-state index in [1.165, 1.54) is 51.7 Å². The monoisotopic (exact) mass is 184 g/mol. The van der Waals surface area contributed by atoms with Gasteiger partial charge < -0.3 is 10.6 Å². The van der Waals surface area contributed by atoms with E-state index in [0.717, 1.165) is 0 Å². The smallest absolute Gasteiger partial charge is 0.00436 e. The van der Waals surface area contributed by atoms with E-state index in [0.29, 0.717) is 5.41 Å². The molecule has 1 saturated heterocycles. The van der Waals surface area contributed by atoms with Crippen LogP contribution in [-0.2, 0) is 0 Å². The molecule has 0 unspecified atom stereocenters. The first-order valence-electron chi connectivity index (χ1n) is 5.68. The van der Waals surface area contributed by atoms with Gasteiger partial charge in [-0.15, -0.1) is 0 Å². The third-order valence-electron chi connectivity index (χ3n) is 3.35. The number of hydrogen-bond acceptors (Lipinski definition) is 2. The molecule has 0 aromatic rings. The minimum Gasteiger partial charge on any atom is -0.320 e. The van der Waals surface area contributed by atoms with Crippen LogP contribution < -0.4 is 10.6 Å². The third kappa shape index (κ3) is 3.28. The molecule has 2 nitrogen and oxygen atoms in total. The Morgan fingerprint density at radius 3 is 2.46 bits per heavy atom. The van der Waals surface area contributed by atoms with Crippen LogP contribution in [0.25, 0.3) is 0 Å². The van der Waals surface area contributed by atoms with Crippen molar-refractivity contribution >= 4 is 0 Å². The molecular weight excluding hydrogens is 160 g/mol. The SMILES string of the molecule is CCCC1(CCNC)CCNCC1. The summed E-state index contributed by atoms with van der Waals surface area (Å²) in [4.78, 5) is 0. The molecule has 0 aromatic carbocycles. The number of hydrogen-bond donors (Lipinski definition) is 2. The second-order valence-corrected chi connectivity index (χ2v) is 4.35. The fraction of sp³-hybridized carbons (Fsp3) is 1.00. The number of rotatable bonds is 5. The minimum atomic E-state index is 0.656. The van der Waals surface area contributed by atoms with E-state index in [4.69, 9.17) is 0 Å². The van der Waals surface area contributed by atoms with Gasteiger partial charge in [0.15, 0.2) is 0 Å². The lowest BCUT2D eigenvalue weighted by molar-refractivity contribution is 0.167. The van der Waals surface area contributed by atoms with Crippen molar-refractivity contribution in [3.05, 3.63) is 0 Å². The van der Waals surface area contributed by atoms with E-state index >= 15 is 0 Å². The minimum absolute atomic E-state index is 0.656. The Hall–Kier alpha value is -0.0800. The topological polar surface area (TPSA) is 24.1 Å². The lowest BCUT2D eigenvalue weighted by atomic mass is 9.73. The first-order valence-corrected chi connectivity index (χ1v) is 5.68. The van der Waals surface area contributed by atoms with E-state index in [1.807, 2.05) is 0 Å². The van der Waals surface area contributed by atoms with Crippen molar-refractivity contribution < 1.29 is 0 Å². The standard InChI is InChI=1S/C11H24N2/c1-3-4-11(5-8-12-2)6-9-13-10-7-11/h12-13H,3-10H2,1-2H3. The highest BCUT2D eigenvalue weighted by Crippen LogP contribution is 2.36. The van der Waals surface area contributed by atoms with E-state index in [-0.39, 0.29) is 0 Å². The van der Waals surface area contributed by atoms with Crippen LogP contribution >= 0.6 is 0 Å². The molecule has 1 aliphatic heterocycles. The number of nitrogens with one attached hydrogen (secondary N) is 2. The normalized spacial score (nSPS) is 21.7. The fourth-order valence-electron chi connectivity index (χ4n) is 2.50. The highest BCUT2D eigenvalue weighted by Gasteiger charge is 2.29. The molecule has 0 aliphatic carbocycles. The van der Waals surface area contributed by atoms with Crippen LogP contribution in [0.5, 0.6) is 0 Å². The van der Waals surface area contributed by atoms with Crippen LogP contribution in [0.4, 0.5) is 0 Å². The van der Waals surface area contributed by atoms with Gasteiger partial charge in [0.1, 0.15) is 0 Å². The Balaban J connectivity index is 2.40. The van der Waals surface area contributed by atoms with E-state index < -0.39 is 0 Å². The maximum atomic E-state index is 3.45. The molecule has 0 aromatic heterocycles. The largest absolute Gasteiger partial charge is 0.320 e. The summed E-state index contributed by atoms with van der Waals surface area (Å²) in [5.74, 6) is 0. The van der Waals surface area contributed by atoms with Gasteiger partial charge in [-0.05, 0) is 57.8 Å². The zero-order valence-electron chi connectivity index (χ0n) is 9.16. The summed E-state index contributed by atoms with van der Waals surface area (Å²) in [5, 5.41) is 6.73. The predicted molar refractivity (Wildman–Crippen MR) is 58.0 cm³/mol. The second kappa shape index (κ2) is 5.61. The molecule has 0 spiro atoms. The third-order valence-corrected chi connectivity index (χ3v) is 3.35. The van der Waals surface area contributed by atoms with Crippen molar-refractivity contribution in [3.8, 4) is 0 Å². The quantitative estimate of drug-likeness (QED) is 0.680. The Labute approximate surface area is 82.5 Å². The highest BCUT2D eigenvalue weighted by atomic mass is 14.9. The second-order valence-electron chi connectivity index (χ2n) is 4.35. The van der Waals surface area contributed by atoms with Gasteiger partial charge in [-0.25, -0.2) is 0 Å². The molecule has 0 radical (unpaired) electrons. The van der Waals surface area contributed by atoms with Crippen molar-refractivity contribution in [2.45, 2.75) is 39.0 Å². The summed E-state index contributed by atoms with van der Waals surface area (Å²) in [7, 11) is 2.06. The molecule has 1 aliphatic rings. The van der Waals surface area contributed by atoms with Crippen LogP contribution in [-0.4, -0.2) is 26.7 Å².